The molecule has 0 unspecified atom stereocenters. The molecule has 27 heavy (non-hydrogen) atoms. The van der Waals surface area contributed by atoms with Crippen LogP contribution in [-0.4, -0.2) is 26.7 Å². The smallest absolute Gasteiger partial charge is 0.335 e. The van der Waals surface area contributed by atoms with Crippen LogP contribution in [0.15, 0.2) is 53.4 Å². The normalized spacial score (nSPS) is 12.2. The van der Waals surface area contributed by atoms with Crippen molar-refractivity contribution in [1.82, 2.24) is 4.72 Å². The molecule has 0 amide bonds. The van der Waals surface area contributed by atoms with Crippen molar-refractivity contribution in [3.63, 3.8) is 0 Å². The summed E-state index contributed by atoms with van der Waals surface area (Å²) in [6, 6.07) is 12.4. The van der Waals surface area contributed by atoms with Crippen LogP contribution in [0.25, 0.3) is 0 Å². The number of aromatic hydroxyl groups is 1. The van der Waals surface area contributed by atoms with Crippen molar-refractivity contribution in [2.45, 2.75) is 31.4 Å². The van der Waals surface area contributed by atoms with Gasteiger partial charge in [-0.05, 0) is 49.2 Å². The van der Waals surface area contributed by atoms with Crippen LogP contribution in [0.3, 0.4) is 0 Å². The molecule has 0 aliphatic carbocycles. The van der Waals surface area contributed by atoms with Crippen LogP contribution in [0.4, 0.5) is 0 Å². The molecule has 0 aliphatic heterocycles. The predicted molar refractivity (Wildman–Crippen MR) is 103 cm³/mol. The van der Waals surface area contributed by atoms with Crippen LogP contribution in [0, 0.1) is 0 Å². The van der Waals surface area contributed by atoms with E-state index in [1.807, 2.05) is 0 Å². The van der Waals surface area contributed by atoms with Crippen molar-refractivity contribution in [1.29, 1.82) is 0 Å². The number of phenols is 1. The Labute approximate surface area is 159 Å². The Morgan fingerprint density at radius 2 is 1.44 bits per heavy atom. The molecule has 2 aromatic rings. The van der Waals surface area contributed by atoms with Gasteiger partial charge in [0.15, 0.2) is 0 Å². The first kappa shape index (κ1) is 21.6. The maximum atomic E-state index is 12.6. The molecule has 0 spiro atoms. The molecule has 2 rings (SSSR count). The van der Waals surface area contributed by atoms with E-state index in [1.165, 1.54) is 24.3 Å². The number of nitrogens with one attached hydrogen (secondary N) is 1. The lowest BCUT2D eigenvalue weighted by Crippen LogP contribution is -2.23. The minimum absolute atomic E-state index is 0.000864. The van der Waals surface area contributed by atoms with E-state index in [0.29, 0.717) is 13.2 Å². The van der Waals surface area contributed by atoms with Crippen molar-refractivity contribution < 1.29 is 27.1 Å². The highest BCUT2D eigenvalue weighted by Crippen LogP contribution is 2.51. The van der Waals surface area contributed by atoms with Gasteiger partial charge < -0.3 is 14.2 Å². The van der Waals surface area contributed by atoms with Crippen molar-refractivity contribution in [3.05, 3.63) is 59.7 Å². The molecular formula is C18H24NO6PS. The molecule has 0 radical (unpaired) electrons. The standard InChI is InChI=1S/C18H24NO6PS/c1-3-24-26(21,25-4-2)14-16-7-5-15(6-8-16)13-19-27(22,23)18-11-9-17(20)10-12-18/h5-12,19-20H,3-4,13-14H2,1-2H3. The molecule has 9 heteroatoms. The first-order valence-electron chi connectivity index (χ1n) is 8.52. The van der Waals surface area contributed by atoms with Crippen LogP contribution < -0.4 is 4.72 Å². The lowest BCUT2D eigenvalue weighted by Gasteiger charge is -2.17. The van der Waals surface area contributed by atoms with Gasteiger partial charge in [-0.2, -0.15) is 0 Å². The van der Waals surface area contributed by atoms with Gasteiger partial charge in [-0.1, -0.05) is 24.3 Å². The van der Waals surface area contributed by atoms with E-state index in [4.69, 9.17) is 9.05 Å². The third kappa shape index (κ3) is 6.45. The van der Waals surface area contributed by atoms with E-state index < -0.39 is 17.6 Å². The lowest BCUT2D eigenvalue weighted by molar-refractivity contribution is 0.219. The number of sulfonamides is 1. The zero-order chi connectivity index (χ0) is 19.9. The summed E-state index contributed by atoms with van der Waals surface area (Å²) in [5.74, 6) is 0.000864. The van der Waals surface area contributed by atoms with E-state index in [-0.39, 0.29) is 23.4 Å². The molecule has 0 aromatic heterocycles. The summed E-state index contributed by atoms with van der Waals surface area (Å²) in [7, 11) is -6.85. The van der Waals surface area contributed by atoms with E-state index in [0.717, 1.165) is 11.1 Å². The molecule has 0 fully saturated rings. The molecule has 7 nitrogen and oxygen atoms in total. The highest BCUT2D eigenvalue weighted by Gasteiger charge is 2.24. The van der Waals surface area contributed by atoms with Gasteiger partial charge in [-0.25, -0.2) is 13.1 Å². The molecule has 0 saturated heterocycles. The Kier molecular flexibility index (Phi) is 7.59. The fourth-order valence-corrected chi connectivity index (χ4v) is 5.11. The second kappa shape index (κ2) is 9.48. The van der Waals surface area contributed by atoms with Crippen LogP contribution >= 0.6 is 7.60 Å². The zero-order valence-electron chi connectivity index (χ0n) is 15.3. The average molecular weight is 413 g/mol. The minimum Gasteiger partial charge on any atom is -0.508 e. The summed E-state index contributed by atoms with van der Waals surface area (Å²) in [6.07, 6.45) is 0.161. The third-order valence-corrected chi connectivity index (χ3v) is 7.14. The van der Waals surface area contributed by atoms with Gasteiger partial charge in [-0.15, -0.1) is 0 Å². The predicted octanol–water partition coefficient (Wildman–Crippen LogP) is 3.64. The highest BCUT2D eigenvalue weighted by molar-refractivity contribution is 7.89. The van der Waals surface area contributed by atoms with Gasteiger partial charge in [0.2, 0.25) is 10.0 Å². The lowest BCUT2D eigenvalue weighted by atomic mass is 10.1. The molecule has 0 saturated carbocycles. The Balaban J connectivity index is 2.01. The summed E-state index contributed by atoms with van der Waals surface area (Å²) in [5.41, 5.74) is 1.54. The van der Waals surface area contributed by atoms with Gasteiger partial charge in [0.1, 0.15) is 5.75 Å². The van der Waals surface area contributed by atoms with Gasteiger partial charge in [0, 0.05) is 6.54 Å². The highest BCUT2D eigenvalue weighted by atomic mass is 32.2. The summed E-state index contributed by atoms with van der Waals surface area (Å²) in [5, 5.41) is 9.25. The van der Waals surface area contributed by atoms with Gasteiger partial charge in [0.05, 0.1) is 24.3 Å². The van der Waals surface area contributed by atoms with Crippen molar-refractivity contribution in [3.8, 4) is 5.75 Å². The molecule has 2 N–H and O–H groups in total. The summed E-state index contributed by atoms with van der Waals surface area (Å²) < 4.78 is 50.1. The summed E-state index contributed by atoms with van der Waals surface area (Å²) >= 11 is 0. The molecular weight excluding hydrogens is 389 g/mol. The van der Waals surface area contributed by atoms with Crippen LogP contribution in [-0.2, 0) is 36.3 Å². The first-order valence-corrected chi connectivity index (χ1v) is 11.7. The molecule has 2 aromatic carbocycles. The molecule has 0 heterocycles. The largest absolute Gasteiger partial charge is 0.508 e. The molecule has 0 bridgehead atoms. The Morgan fingerprint density at radius 3 is 1.96 bits per heavy atom. The molecule has 0 atom stereocenters. The van der Waals surface area contributed by atoms with Gasteiger partial charge in [0.25, 0.3) is 0 Å². The Bertz CT molecular complexity index is 871. The topological polar surface area (TPSA) is 102 Å². The van der Waals surface area contributed by atoms with E-state index in [1.54, 1.807) is 38.1 Å². The number of rotatable bonds is 10. The van der Waals surface area contributed by atoms with Crippen LogP contribution in [0.5, 0.6) is 5.75 Å². The quantitative estimate of drug-likeness (QED) is 0.577. The Morgan fingerprint density at radius 1 is 0.926 bits per heavy atom. The summed E-state index contributed by atoms with van der Waals surface area (Å²) in [6.45, 7) is 4.23. The SMILES string of the molecule is CCOP(=O)(Cc1ccc(CNS(=O)(=O)c2ccc(O)cc2)cc1)OCC. The summed E-state index contributed by atoms with van der Waals surface area (Å²) in [4.78, 5) is 0.0753. The molecule has 0 aliphatic rings. The first-order chi connectivity index (χ1) is 12.8. The number of hydrogen-bond acceptors (Lipinski definition) is 6. The molecule has 148 valence electrons. The average Bonchev–Trinajstić information content (AvgIpc) is 2.62. The van der Waals surface area contributed by atoms with E-state index in [9.17, 15) is 18.1 Å². The third-order valence-electron chi connectivity index (χ3n) is 3.66. The van der Waals surface area contributed by atoms with E-state index >= 15 is 0 Å². The second-order valence-electron chi connectivity index (χ2n) is 5.74. The maximum Gasteiger partial charge on any atom is 0.335 e. The second-order valence-corrected chi connectivity index (χ2v) is 9.56. The van der Waals surface area contributed by atoms with E-state index in [2.05, 4.69) is 4.72 Å². The zero-order valence-corrected chi connectivity index (χ0v) is 17.0. The van der Waals surface area contributed by atoms with Crippen molar-refractivity contribution >= 4 is 17.6 Å². The number of benzene rings is 2. The van der Waals surface area contributed by atoms with Crippen molar-refractivity contribution in [2.75, 3.05) is 13.2 Å². The minimum atomic E-state index is -3.67. The van der Waals surface area contributed by atoms with Crippen LogP contribution in [0.2, 0.25) is 0 Å². The monoisotopic (exact) mass is 413 g/mol. The van der Waals surface area contributed by atoms with Gasteiger partial charge >= 0.3 is 7.60 Å². The maximum absolute atomic E-state index is 12.6. The number of phenolic OH excluding ortho intramolecular Hbond substituents is 1. The van der Waals surface area contributed by atoms with Crippen molar-refractivity contribution in [2.24, 2.45) is 0 Å². The number of hydrogen-bond donors (Lipinski definition) is 2. The fourth-order valence-electron chi connectivity index (χ4n) is 2.40. The Hall–Kier alpha value is -1.70. The van der Waals surface area contributed by atoms with Crippen LogP contribution in [0.1, 0.15) is 25.0 Å². The van der Waals surface area contributed by atoms with Gasteiger partial charge in [-0.3, -0.25) is 4.57 Å². The fraction of sp³-hybridized carbons (Fsp3) is 0.333.